The van der Waals surface area contributed by atoms with Crippen LogP contribution in [0.2, 0.25) is 0 Å². The second kappa shape index (κ2) is 10.1. The molecule has 4 heteroatoms. The highest BCUT2D eigenvalue weighted by Crippen LogP contribution is 2.17. The largest absolute Gasteiger partial charge is 0.494 e. The Balaban J connectivity index is 1.96. The predicted molar refractivity (Wildman–Crippen MR) is 97.4 cm³/mol. The fraction of sp³-hybridized carbons (Fsp3) is 0.238. The molecule has 0 radical (unpaired) electrons. The minimum atomic E-state index is -0.403. The first-order valence-corrected chi connectivity index (χ1v) is 8.37. The van der Waals surface area contributed by atoms with Gasteiger partial charge >= 0.3 is 5.97 Å². The predicted octanol–water partition coefficient (Wildman–Crippen LogP) is 4.55. The molecule has 0 aliphatic heterocycles. The highest BCUT2D eigenvalue weighted by Gasteiger charge is 2.10. The molecular formula is C21H22O4. The maximum absolute atomic E-state index is 12.2. The van der Waals surface area contributed by atoms with Crippen molar-refractivity contribution in [3.05, 3.63) is 77.6 Å². The fourth-order valence-electron chi connectivity index (χ4n) is 2.16. The number of hydrogen-bond donors (Lipinski definition) is 0. The molecule has 0 spiro atoms. The Morgan fingerprint density at radius 1 is 1.20 bits per heavy atom. The van der Waals surface area contributed by atoms with Gasteiger partial charge in [-0.1, -0.05) is 37.6 Å². The van der Waals surface area contributed by atoms with Gasteiger partial charge in [-0.2, -0.15) is 0 Å². The summed E-state index contributed by atoms with van der Waals surface area (Å²) in [5, 5.41) is 0. The Bertz CT molecular complexity index is 706. The van der Waals surface area contributed by atoms with Crippen molar-refractivity contribution >= 4 is 12.3 Å². The van der Waals surface area contributed by atoms with Crippen LogP contribution >= 0.6 is 0 Å². The summed E-state index contributed by atoms with van der Waals surface area (Å²) < 4.78 is 11.0. The zero-order chi connectivity index (χ0) is 17.9. The van der Waals surface area contributed by atoms with Crippen molar-refractivity contribution < 1.29 is 19.1 Å². The Hall–Kier alpha value is -2.88. The van der Waals surface area contributed by atoms with E-state index in [2.05, 4.69) is 6.92 Å². The van der Waals surface area contributed by atoms with Crippen molar-refractivity contribution in [1.29, 1.82) is 0 Å². The molecule has 0 saturated heterocycles. The molecule has 0 fully saturated rings. The summed E-state index contributed by atoms with van der Waals surface area (Å²) in [5.41, 5.74) is 1.34. The van der Waals surface area contributed by atoms with Crippen molar-refractivity contribution in [3.8, 4) is 5.75 Å². The van der Waals surface area contributed by atoms with Crippen molar-refractivity contribution in [2.75, 3.05) is 6.61 Å². The van der Waals surface area contributed by atoms with E-state index in [9.17, 15) is 9.59 Å². The van der Waals surface area contributed by atoms with E-state index < -0.39 is 5.97 Å². The van der Waals surface area contributed by atoms with Crippen LogP contribution in [0, 0.1) is 0 Å². The van der Waals surface area contributed by atoms with E-state index in [1.165, 1.54) is 6.08 Å². The fourth-order valence-corrected chi connectivity index (χ4v) is 2.16. The number of rotatable bonds is 8. The van der Waals surface area contributed by atoms with E-state index in [0.29, 0.717) is 24.4 Å². The monoisotopic (exact) mass is 338 g/mol. The molecule has 1 aliphatic carbocycles. The number of aldehydes is 1. The van der Waals surface area contributed by atoms with Gasteiger partial charge in [0.2, 0.25) is 0 Å². The van der Waals surface area contributed by atoms with Gasteiger partial charge in [0.05, 0.1) is 12.2 Å². The molecule has 0 bridgehead atoms. The molecule has 1 aromatic carbocycles. The van der Waals surface area contributed by atoms with Crippen molar-refractivity contribution in [3.63, 3.8) is 0 Å². The minimum Gasteiger partial charge on any atom is -0.494 e. The van der Waals surface area contributed by atoms with Gasteiger partial charge in [0.25, 0.3) is 0 Å². The lowest BCUT2D eigenvalue weighted by Crippen LogP contribution is -2.05. The van der Waals surface area contributed by atoms with E-state index in [-0.39, 0.29) is 0 Å². The molecule has 0 atom stereocenters. The quantitative estimate of drug-likeness (QED) is 0.302. The maximum Gasteiger partial charge on any atom is 0.343 e. The molecule has 0 saturated carbocycles. The molecular weight excluding hydrogens is 316 g/mol. The number of allylic oxidation sites excluding steroid dienone is 7. The molecule has 0 amide bonds. The van der Waals surface area contributed by atoms with E-state index >= 15 is 0 Å². The van der Waals surface area contributed by atoms with E-state index in [1.807, 2.05) is 12.2 Å². The highest BCUT2D eigenvalue weighted by atomic mass is 16.5. The van der Waals surface area contributed by atoms with E-state index in [0.717, 1.165) is 30.5 Å². The van der Waals surface area contributed by atoms with Crippen LogP contribution in [0.4, 0.5) is 0 Å². The maximum atomic E-state index is 12.2. The van der Waals surface area contributed by atoms with Gasteiger partial charge in [0, 0.05) is 6.42 Å². The average Bonchev–Trinajstić information content (AvgIpc) is 2.86. The standard InChI is InChI=1S/C21H22O4/c1-2-3-16-24-19-13-10-18(11-14-19)21(23)25-20-8-4-6-17(9-12-20)7-5-15-22/h4-7,9-15H,2-3,8,16H2,1H3/b7-5+. The smallest absolute Gasteiger partial charge is 0.343 e. The third-order valence-electron chi connectivity index (χ3n) is 3.54. The van der Waals surface area contributed by atoms with Crippen molar-refractivity contribution in [1.82, 2.24) is 0 Å². The third kappa shape index (κ3) is 6.26. The van der Waals surface area contributed by atoms with Gasteiger partial charge in [-0.05, 0) is 48.4 Å². The number of benzene rings is 1. The van der Waals surface area contributed by atoms with E-state index in [4.69, 9.17) is 9.47 Å². The summed E-state index contributed by atoms with van der Waals surface area (Å²) in [6, 6.07) is 6.95. The first-order valence-electron chi connectivity index (χ1n) is 8.37. The molecule has 0 unspecified atom stereocenters. The topological polar surface area (TPSA) is 52.6 Å². The molecule has 1 aromatic rings. The number of carbonyl (C=O) groups excluding carboxylic acids is 2. The first kappa shape index (κ1) is 18.5. The van der Waals surface area contributed by atoms with Crippen LogP contribution in [-0.4, -0.2) is 18.9 Å². The molecule has 0 heterocycles. The Kier molecular flexibility index (Phi) is 7.44. The molecule has 0 aromatic heterocycles. The zero-order valence-corrected chi connectivity index (χ0v) is 14.3. The number of esters is 1. The lowest BCUT2D eigenvalue weighted by atomic mass is 10.2. The van der Waals surface area contributed by atoms with Gasteiger partial charge in [0.1, 0.15) is 17.8 Å². The van der Waals surface area contributed by atoms with Gasteiger partial charge in [0.15, 0.2) is 0 Å². The number of hydrogen-bond acceptors (Lipinski definition) is 4. The minimum absolute atomic E-state index is 0.403. The summed E-state index contributed by atoms with van der Waals surface area (Å²) in [4.78, 5) is 22.6. The lowest BCUT2D eigenvalue weighted by molar-refractivity contribution is -0.104. The van der Waals surface area contributed by atoms with Crippen molar-refractivity contribution in [2.24, 2.45) is 0 Å². The van der Waals surface area contributed by atoms with Gasteiger partial charge in [-0.25, -0.2) is 4.79 Å². The van der Waals surface area contributed by atoms with Gasteiger partial charge in [-0.15, -0.1) is 0 Å². The first-order chi connectivity index (χ1) is 12.2. The van der Waals surface area contributed by atoms with Crippen LogP contribution in [0.25, 0.3) is 0 Å². The number of carbonyl (C=O) groups is 2. The van der Waals surface area contributed by atoms with Crippen LogP contribution in [-0.2, 0) is 9.53 Å². The van der Waals surface area contributed by atoms with Gasteiger partial charge < -0.3 is 9.47 Å². The summed E-state index contributed by atoms with van der Waals surface area (Å²) in [6.45, 7) is 2.78. The van der Waals surface area contributed by atoms with E-state index in [1.54, 1.807) is 42.5 Å². The SMILES string of the molecule is CCCCOc1ccc(C(=O)OC2=CC=C(/C=C/C=O)C=CC2)cc1. The number of unbranched alkanes of at least 4 members (excludes halogenated alkanes) is 1. The molecule has 4 nitrogen and oxygen atoms in total. The third-order valence-corrected chi connectivity index (χ3v) is 3.54. The molecule has 1 aliphatic rings. The summed E-state index contributed by atoms with van der Waals surface area (Å²) in [5.74, 6) is 0.898. The van der Waals surface area contributed by atoms with Crippen LogP contribution in [0.5, 0.6) is 5.75 Å². The average molecular weight is 338 g/mol. The highest BCUT2D eigenvalue weighted by molar-refractivity contribution is 5.90. The number of ether oxygens (including phenoxy) is 2. The van der Waals surface area contributed by atoms with Crippen LogP contribution in [0.1, 0.15) is 36.5 Å². The normalized spacial score (nSPS) is 13.8. The molecule has 130 valence electrons. The second-order valence-electron chi connectivity index (χ2n) is 5.52. The Labute approximate surface area is 148 Å². The van der Waals surface area contributed by atoms with Gasteiger partial charge in [-0.3, -0.25) is 4.79 Å². The molecule has 2 rings (SSSR count). The van der Waals surface area contributed by atoms with Crippen LogP contribution in [0.3, 0.4) is 0 Å². The van der Waals surface area contributed by atoms with Crippen molar-refractivity contribution in [2.45, 2.75) is 26.2 Å². The molecule has 0 N–H and O–H groups in total. The summed E-state index contributed by atoms with van der Waals surface area (Å²) in [7, 11) is 0. The lowest BCUT2D eigenvalue weighted by Gasteiger charge is -2.08. The summed E-state index contributed by atoms with van der Waals surface area (Å²) in [6.07, 6.45) is 13.7. The second-order valence-corrected chi connectivity index (χ2v) is 5.52. The van der Waals surface area contributed by atoms with Crippen LogP contribution in [0.15, 0.2) is 72.1 Å². The Morgan fingerprint density at radius 2 is 2.00 bits per heavy atom. The summed E-state index contributed by atoms with van der Waals surface area (Å²) >= 11 is 0. The Morgan fingerprint density at radius 3 is 2.72 bits per heavy atom. The molecule has 25 heavy (non-hydrogen) atoms. The zero-order valence-electron chi connectivity index (χ0n) is 14.3. The van der Waals surface area contributed by atoms with Crippen LogP contribution < -0.4 is 4.74 Å².